The molecule has 0 saturated heterocycles. The van der Waals surface area contributed by atoms with Crippen LogP contribution in [0.1, 0.15) is 10.4 Å². The van der Waals surface area contributed by atoms with Gasteiger partial charge in [-0.25, -0.2) is 15.0 Å². The molecule has 6 nitrogen and oxygen atoms in total. The summed E-state index contributed by atoms with van der Waals surface area (Å²) in [7, 11) is 0. The number of hydrogen-bond acceptors (Lipinski definition) is 7. The molecule has 0 aliphatic rings. The fraction of sp³-hybridized carbons (Fsp3) is 0.188. The van der Waals surface area contributed by atoms with Gasteiger partial charge < -0.3 is 16.4 Å². The van der Waals surface area contributed by atoms with Crippen molar-refractivity contribution in [1.82, 2.24) is 15.0 Å². The van der Waals surface area contributed by atoms with Crippen LogP contribution in [0.3, 0.4) is 0 Å². The van der Waals surface area contributed by atoms with E-state index < -0.39 is 0 Å². The standard InChI is InChI=1S/C16H18N6S/c1-11-4-6-18-13(9-11)22-16-14(17)15(20-10-21-16)19-7-5-12-3-2-8-23-12/h2-4,6,8-10H,5,7,17H2,1H3,(H2,18,19,20,21,22). The first kappa shape index (κ1) is 15.2. The summed E-state index contributed by atoms with van der Waals surface area (Å²) in [6, 6.07) is 8.04. The van der Waals surface area contributed by atoms with Gasteiger partial charge in [-0.15, -0.1) is 11.3 Å². The number of nitrogen functional groups attached to an aromatic ring is 1. The number of aromatic nitrogens is 3. The molecule has 0 bridgehead atoms. The zero-order chi connectivity index (χ0) is 16.1. The van der Waals surface area contributed by atoms with E-state index in [1.807, 2.05) is 19.1 Å². The Kier molecular flexibility index (Phi) is 4.68. The van der Waals surface area contributed by atoms with Crippen molar-refractivity contribution in [3.05, 3.63) is 52.6 Å². The topological polar surface area (TPSA) is 88.8 Å². The number of rotatable bonds is 6. The monoisotopic (exact) mass is 326 g/mol. The number of anilines is 4. The van der Waals surface area contributed by atoms with Crippen molar-refractivity contribution in [2.75, 3.05) is 22.9 Å². The Morgan fingerprint density at radius 1 is 1.17 bits per heavy atom. The third-order valence-corrected chi connectivity index (χ3v) is 4.23. The SMILES string of the molecule is Cc1ccnc(Nc2ncnc(NCCc3cccs3)c2N)c1. The van der Waals surface area contributed by atoms with Crippen molar-refractivity contribution in [1.29, 1.82) is 0 Å². The minimum absolute atomic E-state index is 0.488. The molecule has 7 heteroatoms. The minimum Gasteiger partial charge on any atom is -0.393 e. The lowest BCUT2D eigenvalue weighted by molar-refractivity contribution is 1.02. The van der Waals surface area contributed by atoms with E-state index in [0.717, 1.165) is 18.5 Å². The van der Waals surface area contributed by atoms with Gasteiger partial charge in [0.2, 0.25) is 0 Å². The van der Waals surface area contributed by atoms with E-state index in [1.165, 1.54) is 11.2 Å². The normalized spacial score (nSPS) is 10.5. The second-order valence-corrected chi connectivity index (χ2v) is 6.12. The number of thiophene rings is 1. The van der Waals surface area contributed by atoms with Crippen LogP contribution in [-0.2, 0) is 6.42 Å². The van der Waals surface area contributed by atoms with Crippen molar-refractivity contribution >= 4 is 34.5 Å². The van der Waals surface area contributed by atoms with Crippen molar-refractivity contribution in [2.24, 2.45) is 0 Å². The Morgan fingerprint density at radius 2 is 2.04 bits per heavy atom. The summed E-state index contributed by atoms with van der Waals surface area (Å²) >= 11 is 1.74. The van der Waals surface area contributed by atoms with Crippen LogP contribution in [0.2, 0.25) is 0 Å². The van der Waals surface area contributed by atoms with Crippen LogP contribution < -0.4 is 16.4 Å². The summed E-state index contributed by atoms with van der Waals surface area (Å²) in [5.41, 5.74) is 7.76. The third kappa shape index (κ3) is 3.95. The molecular formula is C16H18N6S. The Hall–Kier alpha value is -2.67. The van der Waals surface area contributed by atoms with Crippen LogP contribution in [0.25, 0.3) is 0 Å². The van der Waals surface area contributed by atoms with Gasteiger partial charge >= 0.3 is 0 Å². The summed E-state index contributed by atoms with van der Waals surface area (Å²) in [6.07, 6.45) is 4.17. The first-order valence-corrected chi connectivity index (χ1v) is 8.17. The third-order valence-electron chi connectivity index (χ3n) is 3.29. The molecule has 0 aliphatic carbocycles. The molecule has 0 spiro atoms. The zero-order valence-corrected chi connectivity index (χ0v) is 13.6. The van der Waals surface area contributed by atoms with Crippen LogP contribution in [-0.4, -0.2) is 21.5 Å². The summed E-state index contributed by atoms with van der Waals surface area (Å²) in [4.78, 5) is 14.0. The maximum atomic E-state index is 6.15. The number of aryl methyl sites for hydroxylation is 1. The highest BCUT2D eigenvalue weighted by atomic mass is 32.1. The van der Waals surface area contributed by atoms with Crippen LogP contribution >= 0.6 is 11.3 Å². The second kappa shape index (κ2) is 7.06. The predicted octanol–water partition coefficient (Wildman–Crippen LogP) is 3.22. The van der Waals surface area contributed by atoms with Crippen molar-refractivity contribution < 1.29 is 0 Å². The highest BCUT2D eigenvalue weighted by molar-refractivity contribution is 7.09. The van der Waals surface area contributed by atoms with Gasteiger partial charge in [0.15, 0.2) is 11.6 Å². The zero-order valence-electron chi connectivity index (χ0n) is 12.8. The predicted molar refractivity (Wildman–Crippen MR) is 95.2 cm³/mol. The second-order valence-electron chi connectivity index (χ2n) is 5.08. The van der Waals surface area contributed by atoms with Gasteiger partial charge in [-0.05, 0) is 42.5 Å². The molecule has 0 amide bonds. The average molecular weight is 326 g/mol. The lowest BCUT2D eigenvalue weighted by Crippen LogP contribution is -2.10. The average Bonchev–Trinajstić information content (AvgIpc) is 3.04. The highest BCUT2D eigenvalue weighted by Gasteiger charge is 2.08. The number of nitrogens with zero attached hydrogens (tertiary/aromatic N) is 3. The first-order chi connectivity index (χ1) is 11.2. The van der Waals surface area contributed by atoms with Crippen molar-refractivity contribution in [2.45, 2.75) is 13.3 Å². The van der Waals surface area contributed by atoms with Gasteiger partial charge in [-0.3, -0.25) is 0 Å². The molecule has 4 N–H and O–H groups in total. The Morgan fingerprint density at radius 3 is 2.83 bits per heavy atom. The molecule has 118 valence electrons. The Balaban J connectivity index is 1.68. The van der Waals surface area contributed by atoms with Gasteiger partial charge in [0.25, 0.3) is 0 Å². The molecule has 23 heavy (non-hydrogen) atoms. The molecule has 3 heterocycles. The van der Waals surface area contributed by atoms with Gasteiger partial charge in [0.05, 0.1) is 0 Å². The summed E-state index contributed by atoms with van der Waals surface area (Å²) in [6.45, 7) is 2.78. The first-order valence-electron chi connectivity index (χ1n) is 7.29. The largest absolute Gasteiger partial charge is 0.393 e. The van der Waals surface area contributed by atoms with Gasteiger partial charge in [0.1, 0.15) is 17.8 Å². The number of hydrogen-bond donors (Lipinski definition) is 3. The Labute approximate surface area is 138 Å². The quantitative estimate of drug-likeness (QED) is 0.644. The van der Waals surface area contributed by atoms with E-state index >= 15 is 0 Å². The van der Waals surface area contributed by atoms with Gasteiger partial charge in [-0.1, -0.05) is 6.07 Å². The van der Waals surface area contributed by atoms with E-state index in [0.29, 0.717) is 23.1 Å². The van der Waals surface area contributed by atoms with Crippen LogP contribution in [0.4, 0.5) is 23.1 Å². The molecule has 0 radical (unpaired) electrons. The fourth-order valence-electron chi connectivity index (χ4n) is 2.12. The van der Waals surface area contributed by atoms with E-state index in [9.17, 15) is 0 Å². The molecule has 3 rings (SSSR count). The molecule has 0 atom stereocenters. The van der Waals surface area contributed by atoms with E-state index in [4.69, 9.17) is 5.73 Å². The molecular weight excluding hydrogens is 308 g/mol. The number of nitrogens with two attached hydrogens (primary N) is 1. The van der Waals surface area contributed by atoms with E-state index in [1.54, 1.807) is 17.5 Å². The van der Waals surface area contributed by atoms with Crippen LogP contribution in [0, 0.1) is 6.92 Å². The molecule has 0 aliphatic heterocycles. The number of pyridine rings is 1. The summed E-state index contributed by atoms with van der Waals surface area (Å²) < 4.78 is 0. The summed E-state index contributed by atoms with van der Waals surface area (Å²) in [5.74, 6) is 1.89. The lowest BCUT2D eigenvalue weighted by atomic mass is 10.3. The lowest BCUT2D eigenvalue weighted by Gasteiger charge is -2.12. The fourth-order valence-corrected chi connectivity index (χ4v) is 2.83. The molecule has 0 fully saturated rings. The van der Waals surface area contributed by atoms with Gasteiger partial charge in [-0.2, -0.15) is 0 Å². The minimum atomic E-state index is 0.488. The summed E-state index contributed by atoms with van der Waals surface area (Å²) in [5, 5.41) is 8.47. The number of nitrogens with one attached hydrogen (secondary N) is 2. The van der Waals surface area contributed by atoms with Crippen LogP contribution in [0.5, 0.6) is 0 Å². The maximum absolute atomic E-state index is 6.15. The van der Waals surface area contributed by atoms with Crippen molar-refractivity contribution in [3.63, 3.8) is 0 Å². The maximum Gasteiger partial charge on any atom is 0.160 e. The molecule has 3 aromatic rings. The van der Waals surface area contributed by atoms with E-state index in [2.05, 4.69) is 43.1 Å². The van der Waals surface area contributed by atoms with Gasteiger partial charge in [0, 0.05) is 17.6 Å². The van der Waals surface area contributed by atoms with Crippen molar-refractivity contribution in [3.8, 4) is 0 Å². The Bertz CT molecular complexity index is 772. The smallest absolute Gasteiger partial charge is 0.160 e. The molecule has 0 aromatic carbocycles. The van der Waals surface area contributed by atoms with E-state index in [-0.39, 0.29) is 0 Å². The molecule has 0 saturated carbocycles. The van der Waals surface area contributed by atoms with Crippen LogP contribution in [0.15, 0.2) is 42.2 Å². The molecule has 3 aromatic heterocycles. The highest BCUT2D eigenvalue weighted by Crippen LogP contribution is 2.25. The molecule has 0 unspecified atom stereocenters.